The number of ether oxygens (including phenoxy) is 1. The Labute approximate surface area is 172 Å². The van der Waals surface area contributed by atoms with Crippen molar-refractivity contribution in [3.63, 3.8) is 0 Å². The van der Waals surface area contributed by atoms with Crippen LogP contribution < -0.4 is 21.1 Å². The number of nitrogens with one attached hydrogen (secondary N) is 3. The van der Waals surface area contributed by atoms with Crippen molar-refractivity contribution in [3.05, 3.63) is 58.3 Å². The molecule has 0 saturated heterocycles. The Morgan fingerprint density at radius 2 is 1.90 bits per heavy atom. The molecule has 0 fully saturated rings. The van der Waals surface area contributed by atoms with Crippen LogP contribution in [0.1, 0.15) is 11.1 Å². The van der Waals surface area contributed by atoms with E-state index in [4.69, 9.17) is 4.42 Å². The summed E-state index contributed by atoms with van der Waals surface area (Å²) in [7, 11) is 1.11. The number of pyridine rings is 1. The smallest absolute Gasteiger partial charge is 0.421 e. The molecule has 0 saturated carbocycles. The number of anilines is 4. The normalized spacial score (nSPS) is 11.5. The number of halogens is 3. The van der Waals surface area contributed by atoms with Crippen molar-refractivity contribution in [3.8, 4) is 5.88 Å². The number of oxazole rings is 1. The van der Waals surface area contributed by atoms with Gasteiger partial charge in [-0.3, -0.25) is 4.98 Å². The van der Waals surface area contributed by atoms with E-state index < -0.39 is 23.4 Å². The Bertz CT molecular complexity index is 1320. The van der Waals surface area contributed by atoms with Gasteiger partial charge in [0.05, 0.1) is 24.5 Å². The van der Waals surface area contributed by atoms with E-state index in [0.717, 1.165) is 13.2 Å². The third-order valence-corrected chi connectivity index (χ3v) is 4.26. The Kier molecular flexibility index (Phi) is 4.97. The summed E-state index contributed by atoms with van der Waals surface area (Å²) in [6.45, 7) is 1.76. The van der Waals surface area contributed by atoms with Crippen LogP contribution in [0.25, 0.3) is 11.1 Å². The van der Waals surface area contributed by atoms with E-state index in [1.165, 1.54) is 12.4 Å². The quantitative estimate of drug-likeness (QED) is 0.431. The molecular formula is C19H15F3N6O3. The molecule has 0 atom stereocenters. The maximum atomic E-state index is 13.2. The molecule has 0 radical (unpaired) electrons. The van der Waals surface area contributed by atoms with E-state index in [0.29, 0.717) is 28.2 Å². The van der Waals surface area contributed by atoms with Crippen LogP contribution in [0, 0.1) is 6.92 Å². The fourth-order valence-corrected chi connectivity index (χ4v) is 2.81. The van der Waals surface area contributed by atoms with E-state index in [2.05, 4.69) is 35.3 Å². The SMILES string of the molecule is COc1ncc(Nc2ncc(C)c(Nc3ccc4oc(=O)[nH]c4c3)n2)cc1C(F)(F)F. The number of aryl methyl sites for hydroxylation is 1. The first-order valence-corrected chi connectivity index (χ1v) is 8.85. The van der Waals surface area contributed by atoms with Gasteiger partial charge in [0.25, 0.3) is 0 Å². The number of hydrogen-bond donors (Lipinski definition) is 3. The van der Waals surface area contributed by atoms with Gasteiger partial charge < -0.3 is 19.8 Å². The molecule has 0 spiro atoms. The number of nitrogens with zero attached hydrogens (tertiary/aromatic N) is 3. The molecule has 0 aliphatic carbocycles. The van der Waals surface area contributed by atoms with Crippen LogP contribution in [0.15, 0.2) is 45.9 Å². The highest BCUT2D eigenvalue weighted by molar-refractivity contribution is 5.78. The van der Waals surface area contributed by atoms with Crippen molar-refractivity contribution in [1.29, 1.82) is 0 Å². The molecule has 4 aromatic rings. The lowest BCUT2D eigenvalue weighted by atomic mass is 10.2. The lowest BCUT2D eigenvalue weighted by Crippen LogP contribution is -2.10. The number of aromatic nitrogens is 4. The molecule has 31 heavy (non-hydrogen) atoms. The lowest BCUT2D eigenvalue weighted by molar-refractivity contribution is -0.139. The molecular weight excluding hydrogens is 417 g/mol. The van der Waals surface area contributed by atoms with E-state index in [1.54, 1.807) is 25.1 Å². The molecule has 3 aromatic heterocycles. The molecule has 0 bridgehead atoms. The van der Waals surface area contributed by atoms with E-state index in [9.17, 15) is 18.0 Å². The van der Waals surface area contributed by atoms with Crippen LogP contribution in [0.5, 0.6) is 5.88 Å². The molecule has 12 heteroatoms. The second-order valence-electron chi connectivity index (χ2n) is 6.48. The Morgan fingerprint density at radius 1 is 1.10 bits per heavy atom. The van der Waals surface area contributed by atoms with Crippen molar-refractivity contribution in [2.24, 2.45) is 0 Å². The largest absolute Gasteiger partial charge is 0.481 e. The maximum absolute atomic E-state index is 13.2. The zero-order valence-corrected chi connectivity index (χ0v) is 16.2. The van der Waals surface area contributed by atoms with Gasteiger partial charge in [-0.15, -0.1) is 0 Å². The summed E-state index contributed by atoms with van der Waals surface area (Å²) in [5, 5.41) is 5.79. The third kappa shape index (κ3) is 4.27. The molecule has 0 aliphatic heterocycles. The summed E-state index contributed by atoms with van der Waals surface area (Å²) in [4.78, 5) is 26.0. The van der Waals surface area contributed by atoms with Crippen LogP contribution in [0.4, 0.5) is 36.3 Å². The number of aromatic amines is 1. The van der Waals surface area contributed by atoms with Gasteiger partial charge >= 0.3 is 11.9 Å². The number of H-pyrrole nitrogens is 1. The molecule has 1 aromatic carbocycles. The molecule has 0 amide bonds. The predicted molar refractivity (Wildman–Crippen MR) is 106 cm³/mol. The van der Waals surface area contributed by atoms with Crippen LogP contribution in [0.2, 0.25) is 0 Å². The minimum absolute atomic E-state index is 0.0420. The Hall–Kier alpha value is -4.09. The van der Waals surface area contributed by atoms with Crippen LogP contribution in [0.3, 0.4) is 0 Å². The fourth-order valence-electron chi connectivity index (χ4n) is 2.81. The molecule has 0 unspecified atom stereocenters. The lowest BCUT2D eigenvalue weighted by Gasteiger charge is -2.14. The number of hydrogen-bond acceptors (Lipinski definition) is 8. The summed E-state index contributed by atoms with van der Waals surface area (Å²) in [6, 6.07) is 5.84. The van der Waals surface area contributed by atoms with E-state index >= 15 is 0 Å². The fraction of sp³-hybridized carbons (Fsp3) is 0.158. The summed E-state index contributed by atoms with van der Waals surface area (Å²) < 4.78 is 49.3. The van der Waals surface area contributed by atoms with Gasteiger partial charge in [0.15, 0.2) is 5.58 Å². The van der Waals surface area contributed by atoms with Gasteiger partial charge in [-0.05, 0) is 31.2 Å². The van der Waals surface area contributed by atoms with Crippen LogP contribution >= 0.6 is 0 Å². The summed E-state index contributed by atoms with van der Waals surface area (Å²) in [6.07, 6.45) is -1.94. The van der Waals surface area contributed by atoms with Crippen molar-refractivity contribution >= 4 is 34.2 Å². The molecule has 9 nitrogen and oxygen atoms in total. The predicted octanol–water partition coefficient (Wildman–Crippen LogP) is 4.13. The highest BCUT2D eigenvalue weighted by Crippen LogP contribution is 2.36. The molecule has 3 N–H and O–H groups in total. The number of rotatable bonds is 5. The second kappa shape index (κ2) is 7.63. The molecule has 160 valence electrons. The minimum atomic E-state index is -4.64. The summed E-state index contributed by atoms with van der Waals surface area (Å²) in [5.41, 5.74) is 1.24. The molecule has 3 heterocycles. The second-order valence-corrected chi connectivity index (χ2v) is 6.48. The zero-order valence-electron chi connectivity index (χ0n) is 16.2. The first kappa shape index (κ1) is 20.2. The number of methoxy groups -OCH3 is 1. The van der Waals surface area contributed by atoms with Gasteiger partial charge in [0.1, 0.15) is 11.4 Å². The van der Waals surface area contributed by atoms with Gasteiger partial charge in [-0.2, -0.15) is 18.2 Å². The summed E-state index contributed by atoms with van der Waals surface area (Å²) in [5.74, 6) is -0.618. The first-order valence-electron chi connectivity index (χ1n) is 8.85. The van der Waals surface area contributed by atoms with E-state index in [1.807, 2.05) is 0 Å². The van der Waals surface area contributed by atoms with Gasteiger partial charge in [0, 0.05) is 17.4 Å². The van der Waals surface area contributed by atoms with Gasteiger partial charge in [-0.1, -0.05) is 0 Å². The Balaban J connectivity index is 1.61. The van der Waals surface area contributed by atoms with Crippen molar-refractivity contribution in [1.82, 2.24) is 19.9 Å². The average Bonchev–Trinajstić information content (AvgIpc) is 3.09. The summed E-state index contributed by atoms with van der Waals surface area (Å²) >= 11 is 0. The van der Waals surface area contributed by atoms with Gasteiger partial charge in [-0.25, -0.2) is 14.8 Å². The zero-order chi connectivity index (χ0) is 22.2. The maximum Gasteiger partial charge on any atom is 0.421 e. The van der Waals surface area contributed by atoms with Crippen molar-refractivity contribution < 1.29 is 22.3 Å². The first-order chi connectivity index (χ1) is 14.7. The Morgan fingerprint density at radius 3 is 2.65 bits per heavy atom. The topological polar surface area (TPSA) is 118 Å². The molecule has 0 aliphatic rings. The molecule has 4 rings (SSSR count). The minimum Gasteiger partial charge on any atom is -0.481 e. The van der Waals surface area contributed by atoms with Gasteiger partial charge in [0.2, 0.25) is 11.8 Å². The highest BCUT2D eigenvalue weighted by Gasteiger charge is 2.35. The average molecular weight is 432 g/mol. The highest BCUT2D eigenvalue weighted by atomic mass is 19.4. The van der Waals surface area contributed by atoms with Crippen molar-refractivity contribution in [2.45, 2.75) is 13.1 Å². The van der Waals surface area contributed by atoms with Crippen LogP contribution in [-0.4, -0.2) is 27.0 Å². The number of benzene rings is 1. The van der Waals surface area contributed by atoms with Crippen LogP contribution in [-0.2, 0) is 6.18 Å². The monoisotopic (exact) mass is 432 g/mol. The standard InChI is InChI=1S/C19H15F3N6O3/c1-9-7-24-17(26-11-5-12(19(20,21)22)16(30-2)23-8-11)28-15(9)25-10-3-4-14-13(6-10)27-18(29)31-14/h3-8H,1-2H3,(H,27,29)(H2,24,25,26,28). The number of fused-ring (bicyclic) bond motifs is 1. The van der Waals surface area contributed by atoms with E-state index in [-0.39, 0.29) is 11.6 Å². The third-order valence-electron chi connectivity index (χ3n) is 4.26. The van der Waals surface area contributed by atoms with Crippen molar-refractivity contribution in [2.75, 3.05) is 17.7 Å². The number of alkyl halides is 3.